The predicted octanol–water partition coefficient (Wildman–Crippen LogP) is 0.747. The Hall–Kier alpha value is -5.10. The molecule has 252 valence electrons. The smallest absolute Gasteiger partial charge is 0.475 e. The molecule has 4 aromatic rings. The van der Waals surface area contributed by atoms with E-state index in [4.69, 9.17) is 34.8 Å². The number of aliphatic hydroxyl groups is 2. The number of aryl methyl sites for hydroxylation is 2. The van der Waals surface area contributed by atoms with Crippen molar-refractivity contribution >= 4 is 34.9 Å². The number of alkyl halides is 6. The topological polar surface area (TPSA) is 263 Å². The Balaban J connectivity index is 0.000000345. The van der Waals surface area contributed by atoms with Gasteiger partial charge in [-0.05, 0) is 6.92 Å². The summed E-state index contributed by atoms with van der Waals surface area (Å²) in [6, 6.07) is 0. The lowest BCUT2D eigenvalue weighted by molar-refractivity contribution is -0.193. The molecule has 0 spiro atoms. The Labute approximate surface area is 251 Å². The molecule has 0 amide bonds. The number of anilines is 2. The van der Waals surface area contributed by atoms with Crippen LogP contribution in [-0.4, -0.2) is 103 Å². The molecule has 18 nitrogen and oxygen atoms in total. The molecule has 0 aromatic carbocycles. The van der Waals surface area contributed by atoms with Gasteiger partial charge < -0.3 is 45.3 Å². The average Bonchev–Trinajstić information content (AvgIpc) is 3.72. The van der Waals surface area contributed by atoms with Crippen molar-refractivity contribution in [3.05, 3.63) is 36.3 Å². The third kappa shape index (κ3) is 8.75. The fraction of sp³-hybridized carbons (Fsp3) is 0.455. The van der Waals surface area contributed by atoms with Crippen LogP contribution in [-0.2, 0) is 27.8 Å². The van der Waals surface area contributed by atoms with E-state index in [9.17, 15) is 36.6 Å². The summed E-state index contributed by atoms with van der Waals surface area (Å²) >= 11 is 0. The molecular weight excluding hydrogens is 646 g/mol. The van der Waals surface area contributed by atoms with Crippen molar-refractivity contribution < 1.29 is 65.6 Å². The SMILES string of the molecule is Cc1noc([C@H]2O[C@@H](n3cnc4c(N)nc(NCCc5cn(C)cn5)nc43)[C@H](O)[C@@H]2O)n1.O=C(O)C(F)(F)F.O=C(O)C(F)(F)F. The van der Waals surface area contributed by atoms with E-state index in [-0.39, 0.29) is 11.7 Å². The molecule has 0 bridgehead atoms. The highest BCUT2D eigenvalue weighted by Gasteiger charge is 2.47. The zero-order chi connectivity index (χ0) is 34.6. The Morgan fingerprint density at radius 3 is 2.11 bits per heavy atom. The van der Waals surface area contributed by atoms with Gasteiger partial charge in [0.25, 0.3) is 5.89 Å². The lowest BCUT2D eigenvalue weighted by Crippen LogP contribution is -2.29. The summed E-state index contributed by atoms with van der Waals surface area (Å²) in [7, 11) is 1.91. The van der Waals surface area contributed by atoms with Crippen molar-refractivity contribution in [2.45, 2.75) is 50.2 Å². The van der Waals surface area contributed by atoms with Gasteiger partial charge in [-0.25, -0.2) is 19.6 Å². The van der Waals surface area contributed by atoms with E-state index in [0.29, 0.717) is 35.9 Å². The van der Waals surface area contributed by atoms with E-state index < -0.39 is 48.8 Å². The van der Waals surface area contributed by atoms with Crippen molar-refractivity contribution in [1.82, 2.24) is 39.2 Å². The normalized spacial score (nSPS) is 19.6. The number of nitrogens with one attached hydrogen (secondary N) is 1. The molecule has 4 atom stereocenters. The number of hydrogen-bond donors (Lipinski definition) is 6. The van der Waals surface area contributed by atoms with Crippen LogP contribution in [0.25, 0.3) is 11.2 Å². The molecule has 24 heteroatoms. The maximum absolute atomic E-state index is 10.6. The largest absolute Gasteiger partial charge is 0.490 e. The van der Waals surface area contributed by atoms with Crippen molar-refractivity contribution in [1.29, 1.82) is 0 Å². The quantitative estimate of drug-likeness (QED) is 0.155. The van der Waals surface area contributed by atoms with E-state index >= 15 is 0 Å². The highest BCUT2D eigenvalue weighted by Crippen LogP contribution is 2.39. The first kappa shape index (κ1) is 35.4. The van der Waals surface area contributed by atoms with Crippen LogP contribution in [0.15, 0.2) is 23.4 Å². The number of imidazole rings is 2. The number of rotatable bonds is 6. The highest BCUT2D eigenvalue weighted by atomic mass is 19.4. The number of aliphatic hydroxyl groups excluding tert-OH is 2. The molecule has 1 aliphatic rings. The van der Waals surface area contributed by atoms with Crippen LogP contribution in [0.2, 0.25) is 0 Å². The van der Waals surface area contributed by atoms with Gasteiger partial charge in [-0.15, -0.1) is 0 Å². The van der Waals surface area contributed by atoms with Gasteiger partial charge in [0.05, 0.1) is 18.3 Å². The molecule has 0 aliphatic carbocycles. The number of carboxylic acid groups (broad SMARTS) is 2. The average molecular weight is 670 g/mol. The van der Waals surface area contributed by atoms with Gasteiger partial charge in [0.1, 0.15) is 17.7 Å². The second kappa shape index (κ2) is 13.9. The Morgan fingerprint density at radius 2 is 1.61 bits per heavy atom. The summed E-state index contributed by atoms with van der Waals surface area (Å²) in [5.41, 5.74) is 7.69. The molecule has 1 fully saturated rings. The Bertz CT molecular complexity index is 1630. The molecule has 0 radical (unpaired) electrons. The van der Waals surface area contributed by atoms with Crippen molar-refractivity contribution in [3.8, 4) is 0 Å². The monoisotopic (exact) mass is 670 g/mol. The van der Waals surface area contributed by atoms with E-state index in [1.165, 1.54) is 10.9 Å². The van der Waals surface area contributed by atoms with E-state index in [2.05, 4.69) is 35.4 Å². The lowest BCUT2D eigenvalue weighted by atomic mass is 10.1. The van der Waals surface area contributed by atoms with Crippen molar-refractivity contribution in [3.63, 3.8) is 0 Å². The number of carboxylic acids is 2. The number of fused-ring (bicyclic) bond motifs is 1. The van der Waals surface area contributed by atoms with Gasteiger partial charge in [0.2, 0.25) is 5.95 Å². The van der Waals surface area contributed by atoms with Crippen LogP contribution in [0.5, 0.6) is 0 Å². The molecular formula is C22H24F6N10O8. The second-order valence-electron chi connectivity index (χ2n) is 9.18. The van der Waals surface area contributed by atoms with Crippen LogP contribution < -0.4 is 11.1 Å². The first-order chi connectivity index (χ1) is 21.3. The number of aromatic nitrogens is 8. The molecule has 7 N–H and O–H groups in total. The van der Waals surface area contributed by atoms with Gasteiger partial charge in [0, 0.05) is 26.2 Å². The Kier molecular flexibility index (Phi) is 10.7. The van der Waals surface area contributed by atoms with Crippen LogP contribution >= 0.6 is 0 Å². The van der Waals surface area contributed by atoms with Gasteiger partial charge >= 0.3 is 24.3 Å². The third-order valence-electron chi connectivity index (χ3n) is 5.66. The summed E-state index contributed by atoms with van der Waals surface area (Å²) in [5, 5.41) is 42.2. The first-order valence-electron chi connectivity index (χ1n) is 12.4. The van der Waals surface area contributed by atoms with Crippen LogP contribution in [0.3, 0.4) is 0 Å². The fourth-order valence-corrected chi connectivity index (χ4v) is 3.62. The molecule has 5 rings (SSSR count). The van der Waals surface area contributed by atoms with Gasteiger partial charge in [-0.2, -0.15) is 41.3 Å². The number of hydrogen-bond acceptors (Lipinski definition) is 14. The number of aliphatic carboxylic acids is 2. The number of ether oxygens (including phenoxy) is 1. The number of nitrogen functional groups attached to an aromatic ring is 1. The minimum atomic E-state index is -5.08. The highest BCUT2D eigenvalue weighted by molar-refractivity contribution is 5.83. The molecule has 4 aromatic heterocycles. The summed E-state index contributed by atoms with van der Waals surface area (Å²) in [6.07, 6.45) is -8.97. The van der Waals surface area contributed by atoms with Crippen LogP contribution in [0, 0.1) is 6.92 Å². The van der Waals surface area contributed by atoms with Gasteiger partial charge in [-0.3, -0.25) is 4.57 Å². The summed E-state index contributed by atoms with van der Waals surface area (Å²) in [6.45, 7) is 2.18. The summed E-state index contributed by atoms with van der Waals surface area (Å²) in [4.78, 5) is 39.1. The lowest BCUT2D eigenvalue weighted by Gasteiger charge is -2.16. The minimum absolute atomic E-state index is 0.0759. The fourth-order valence-electron chi connectivity index (χ4n) is 3.62. The maximum Gasteiger partial charge on any atom is 0.490 e. The third-order valence-corrected chi connectivity index (χ3v) is 5.66. The number of carbonyl (C=O) groups is 2. The molecule has 46 heavy (non-hydrogen) atoms. The molecule has 5 heterocycles. The summed E-state index contributed by atoms with van der Waals surface area (Å²) in [5.74, 6) is -4.58. The van der Waals surface area contributed by atoms with Crippen LogP contribution in [0.4, 0.5) is 38.1 Å². The predicted molar refractivity (Wildman–Crippen MR) is 136 cm³/mol. The zero-order valence-corrected chi connectivity index (χ0v) is 23.3. The van der Waals surface area contributed by atoms with Gasteiger partial charge in [-0.1, -0.05) is 5.16 Å². The van der Waals surface area contributed by atoms with Crippen LogP contribution in [0.1, 0.15) is 29.7 Å². The molecule has 1 aliphatic heterocycles. The second-order valence-corrected chi connectivity index (χ2v) is 9.18. The molecule has 0 unspecified atom stereocenters. The van der Waals surface area contributed by atoms with Crippen molar-refractivity contribution in [2.75, 3.05) is 17.6 Å². The number of nitrogens with two attached hydrogens (primary N) is 1. The first-order valence-corrected chi connectivity index (χ1v) is 12.4. The van der Waals surface area contributed by atoms with E-state index in [1.54, 1.807) is 13.3 Å². The molecule has 1 saturated heterocycles. The van der Waals surface area contributed by atoms with E-state index in [0.717, 1.165) is 5.69 Å². The Morgan fingerprint density at radius 1 is 1.00 bits per heavy atom. The number of halogens is 6. The summed E-state index contributed by atoms with van der Waals surface area (Å²) < 4.78 is 77.8. The zero-order valence-electron chi connectivity index (χ0n) is 23.3. The standard InChI is InChI=1S/C18H22N10O4.2C2HF3O2/c1-8-23-16(32-26-8)13-11(29)12(30)17(31-13)28-7-22-10-14(19)24-18(25-15(10)28)20-4-3-9-5-27(2)6-21-9;2*3-2(4,5)1(6)7/h5-7,11-13,17,29-30H,3-4H2,1-2H3,(H3,19,20,24,25);2*(H,6,7)/t11-,12+,13-,17+;;/m0../s1. The van der Waals surface area contributed by atoms with Gasteiger partial charge in [0.15, 0.2) is 29.6 Å². The molecule has 0 saturated carbocycles. The minimum Gasteiger partial charge on any atom is -0.475 e. The number of nitrogens with zero attached hydrogens (tertiary/aromatic N) is 8. The maximum atomic E-state index is 10.6. The van der Waals surface area contributed by atoms with E-state index in [1.807, 2.05) is 17.8 Å². The van der Waals surface area contributed by atoms with Crippen molar-refractivity contribution in [2.24, 2.45) is 7.05 Å².